The fourth-order valence-electron chi connectivity index (χ4n) is 2.27. The minimum absolute atomic E-state index is 0.436. The van der Waals surface area contributed by atoms with E-state index in [0.717, 1.165) is 17.6 Å². The fraction of sp³-hybridized carbons (Fsp3) is 0.538. The molecule has 0 bridgehead atoms. The smallest absolute Gasteiger partial charge is 0.0380 e. The molecule has 0 atom stereocenters. The van der Waals surface area contributed by atoms with Crippen molar-refractivity contribution in [1.82, 2.24) is 0 Å². The Balaban J connectivity index is 2.24. The minimum atomic E-state index is 0.436. The van der Waals surface area contributed by atoms with Crippen molar-refractivity contribution < 1.29 is 0 Å². The van der Waals surface area contributed by atoms with E-state index in [4.69, 9.17) is 5.73 Å². The van der Waals surface area contributed by atoms with E-state index in [1.807, 2.05) is 0 Å². The summed E-state index contributed by atoms with van der Waals surface area (Å²) in [7, 11) is 0. The van der Waals surface area contributed by atoms with Crippen LogP contribution in [-0.2, 0) is 6.54 Å². The van der Waals surface area contributed by atoms with Gasteiger partial charge >= 0.3 is 0 Å². The van der Waals surface area contributed by atoms with Gasteiger partial charge in [-0.2, -0.15) is 0 Å². The van der Waals surface area contributed by atoms with E-state index in [-0.39, 0.29) is 0 Å². The molecule has 0 unspecified atom stereocenters. The Hall–Kier alpha value is -0.540. The molecule has 0 saturated carbocycles. The number of halogens is 1. The molecule has 0 radical (unpaired) electrons. The zero-order valence-corrected chi connectivity index (χ0v) is 11.5. The number of benzene rings is 1. The SMILES string of the molecule is CC1(C)CCN(c2cc(Br)cc(CN)c2)C1. The maximum atomic E-state index is 5.70. The van der Waals surface area contributed by atoms with Crippen LogP contribution in [0.5, 0.6) is 0 Å². The molecule has 1 aliphatic rings. The summed E-state index contributed by atoms with van der Waals surface area (Å²) in [6.07, 6.45) is 1.26. The van der Waals surface area contributed by atoms with Crippen molar-refractivity contribution in [2.24, 2.45) is 11.1 Å². The highest BCUT2D eigenvalue weighted by Crippen LogP contribution is 2.33. The summed E-state index contributed by atoms with van der Waals surface area (Å²) in [5.74, 6) is 0. The quantitative estimate of drug-likeness (QED) is 0.903. The molecule has 0 aliphatic carbocycles. The van der Waals surface area contributed by atoms with Gasteiger partial charge in [0.25, 0.3) is 0 Å². The van der Waals surface area contributed by atoms with Crippen molar-refractivity contribution in [2.45, 2.75) is 26.8 Å². The van der Waals surface area contributed by atoms with Crippen molar-refractivity contribution in [3.8, 4) is 0 Å². The third kappa shape index (κ3) is 2.58. The molecule has 16 heavy (non-hydrogen) atoms. The van der Waals surface area contributed by atoms with Gasteiger partial charge in [-0.15, -0.1) is 0 Å². The third-order valence-electron chi connectivity index (χ3n) is 3.22. The van der Waals surface area contributed by atoms with Gasteiger partial charge < -0.3 is 10.6 Å². The van der Waals surface area contributed by atoms with Gasteiger partial charge in [0, 0.05) is 29.8 Å². The Morgan fingerprint density at radius 1 is 1.38 bits per heavy atom. The Labute approximate surface area is 106 Å². The monoisotopic (exact) mass is 282 g/mol. The number of anilines is 1. The summed E-state index contributed by atoms with van der Waals surface area (Å²) < 4.78 is 1.12. The molecule has 1 aliphatic heterocycles. The summed E-state index contributed by atoms with van der Waals surface area (Å²) in [5, 5.41) is 0. The topological polar surface area (TPSA) is 29.3 Å². The van der Waals surface area contributed by atoms with Crippen LogP contribution in [0.3, 0.4) is 0 Å². The van der Waals surface area contributed by atoms with Gasteiger partial charge in [0.15, 0.2) is 0 Å². The zero-order chi connectivity index (χ0) is 11.8. The van der Waals surface area contributed by atoms with Crippen LogP contribution in [0, 0.1) is 5.41 Å². The summed E-state index contributed by atoms with van der Waals surface area (Å²) >= 11 is 3.55. The van der Waals surface area contributed by atoms with Crippen molar-refractivity contribution >= 4 is 21.6 Å². The molecule has 1 saturated heterocycles. The standard InChI is InChI=1S/C13H19BrN2/c1-13(2)3-4-16(9-13)12-6-10(8-15)5-11(14)7-12/h5-7H,3-4,8-9,15H2,1-2H3. The first-order valence-corrected chi connectivity index (χ1v) is 6.54. The fourth-order valence-corrected chi connectivity index (χ4v) is 2.80. The Kier molecular flexibility index (Phi) is 3.27. The highest BCUT2D eigenvalue weighted by molar-refractivity contribution is 9.10. The lowest BCUT2D eigenvalue weighted by Gasteiger charge is -2.22. The summed E-state index contributed by atoms with van der Waals surface area (Å²) in [6.45, 7) is 7.54. The molecule has 1 aromatic carbocycles. The van der Waals surface area contributed by atoms with Gasteiger partial charge in [-0.3, -0.25) is 0 Å². The normalized spacial score (nSPS) is 19.1. The molecule has 1 fully saturated rings. The van der Waals surface area contributed by atoms with Crippen LogP contribution in [0.2, 0.25) is 0 Å². The van der Waals surface area contributed by atoms with Crippen LogP contribution in [0.25, 0.3) is 0 Å². The van der Waals surface area contributed by atoms with E-state index >= 15 is 0 Å². The molecule has 1 heterocycles. The number of hydrogen-bond acceptors (Lipinski definition) is 2. The average molecular weight is 283 g/mol. The highest BCUT2D eigenvalue weighted by Gasteiger charge is 2.29. The van der Waals surface area contributed by atoms with Crippen LogP contribution < -0.4 is 10.6 Å². The predicted octanol–water partition coefficient (Wildman–Crippen LogP) is 3.14. The van der Waals surface area contributed by atoms with Gasteiger partial charge in [-0.1, -0.05) is 29.8 Å². The molecule has 2 nitrogen and oxygen atoms in total. The van der Waals surface area contributed by atoms with Crippen molar-refractivity contribution in [3.05, 3.63) is 28.2 Å². The van der Waals surface area contributed by atoms with Crippen LogP contribution in [-0.4, -0.2) is 13.1 Å². The molecule has 88 valence electrons. The average Bonchev–Trinajstić information content (AvgIpc) is 2.58. The van der Waals surface area contributed by atoms with Gasteiger partial charge in [-0.25, -0.2) is 0 Å². The lowest BCUT2D eigenvalue weighted by Crippen LogP contribution is -2.22. The molecule has 3 heteroatoms. The molecule has 1 aromatic rings. The lowest BCUT2D eigenvalue weighted by atomic mass is 9.93. The Morgan fingerprint density at radius 2 is 2.12 bits per heavy atom. The van der Waals surface area contributed by atoms with Crippen LogP contribution in [0.4, 0.5) is 5.69 Å². The summed E-state index contributed by atoms with van der Waals surface area (Å²) in [6, 6.07) is 6.47. The Morgan fingerprint density at radius 3 is 2.69 bits per heavy atom. The van der Waals surface area contributed by atoms with Crippen LogP contribution >= 0.6 is 15.9 Å². The van der Waals surface area contributed by atoms with Crippen molar-refractivity contribution in [2.75, 3.05) is 18.0 Å². The number of nitrogens with two attached hydrogens (primary N) is 1. The van der Waals surface area contributed by atoms with Crippen molar-refractivity contribution in [3.63, 3.8) is 0 Å². The minimum Gasteiger partial charge on any atom is -0.371 e. The van der Waals surface area contributed by atoms with E-state index in [1.165, 1.54) is 17.7 Å². The van der Waals surface area contributed by atoms with Crippen LogP contribution in [0.1, 0.15) is 25.8 Å². The number of rotatable bonds is 2. The lowest BCUT2D eigenvalue weighted by molar-refractivity contribution is 0.418. The van der Waals surface area contributed by atoms with E-state index in [0.29, 0.717) is 12.0 Å². The molecule has 0 spiro atoms. The molecular weight excluding hydrogens is 264 g/mol. The van der Waals surface area contributed by atoms with E-state index in [1.54, 1.807) is 0 Å². The second-order valence-electron chi connectivity index (χ2n) is 5.36. The van der Waals surface area contributed by atoms with Crippen molar-refractivity contribution in [1.29, 1.82) is 0 Å². The first-order chi connectivity index (χ1) is 7.50. The highest BCUT2D eigenvalue weighted by atomic mass is 79.9. The van der Waals surface area contributed by atoms with E-state index in [9.17, 15) is 0 Å². The Bertz CT molecular complexity index is 388. The third-order valence-corrected chi connectivity index (χ3v) is 3.68. The molecule has 0 aromatic heterocycles. The molecular formula is C13H19BrN2. The van der Waals surface area contributed by atoms with E-state index < -0.39 is 0 Å². The number of nitrogens with zero attached hydrogens (tertiary/aromatic N) is 1. The summed E-state index contributed by atoms with van der Waals surface area (Å²) in [4.78, 5) is 2.45. The maximum Gasteiger partial charge on any atom is 0.0380 e. The van der Waals surface area contributed by atoms with E-state index in [2.05, 4.69) is 52.9 Å². The second kappa shape index (κ2) is 4.38. The van der Waals surface area contributed by atoms with Gasteiger partial charge in [0.1, 0.15) is 0 Å². The number of hydrogen-bond donors (Lipinski definition) is 1. The second-order valence-corrected chi connectivity index (χ2v) is 6.27. The van der Waals surface area contributed by atoms with Gasteiger partial charge in [0.05, 0.1) is 0 Å². The first kappa shape index (κ1) is 11.9. The maximum absolute atomic E-state index is 5.70. The van der Waals surface area contributed by atoms with Crippen LogP contribution in [0.15, 0.2) is 22.7 Å². The van der Waals surface area contributed by atoms with Gasteiger partial charge in [0.2, 0.25) is 0 Å². The molecule has 0 amide bonds. The predicted molar refractivity (Wildman–Crippen MR) is 72.6 cm³/mol. The zero-order valence-electron chi connectivity index (χ0n) is 9.96. The molecule has 2 N–H and O–H groups in total. The first-order valence-electron chi connectivity index (χ1n) is 5.75. The molecule has 2 rings (SSSR count). The summed E-state index contributed by atoms with van der Waals surface area (Å²) in [5.41, 5.74) is 8.62. The largest absolute Gasteiger partial charge is 0.371 e. The van der Waals surface area contributed by atoms with Gasteiger partial charge in [-0.05, 0) is 35.6 Å².